The molecule has 0 fully saturated rings. The van der Waals surface area contributed by atoms with Crippen molar-refractivity contribution in [3.8, 4) is 0 Å². The molecule has 10 nitrogen and oxygen atoms in total. The van der Waals surface area contributed by atoms with E-state index in [4.69, 9.17) is 0 Å². The van der Waals surface area contributed by atoms with Gasteiger partial charge in [-0.3, -0.25) is 23.5 Å². The summed E-state index contributed by atoms with van der Waals surface area (Å²) < 4.78 is 2.27. The Morgan fingerprint density at radius 3 is 2.63 bits per heavy atom. The van der Waals surface area contributed by atoms with Crippen LogP contribution in [0.2, 0.25) is 0 Å². The maximum atomic E-state index is 12.3. The molecule has 3 rings (SSSR count). The highest BCUT2D eigenvalue weighted by Gasteiger charge is 2.16. The van der Waals surface area contributed by atoms with Crippen LogP contribution in [-0.4, -0.2) is 37.0 Å². The van der Waals surface area contributed by atoms with Gasteiger partial charge < -0.3 is 15.6 Å². The van der Waals surface area contributed by atoms with Crippen molar-refractivity contribution in [1.82, 2.24) is 29.7 Å². The quantitative estimate of drug-likeness (QED) is 0.491. The number of hydrogen-bond acceptors (Lipinski definition) is 5. The van der Waals surface area contributed by atoms with E-state index in [0.717, 1.165) is 15.6 Å². The summed E-state index contributed by atoms with van der Waals surface area (Å²) in [6.07, 6.45) is 0.602. The first kappa shape index (κ1) is 21.0. The Morgan fingerprint density at radius 2 is 1.90 bits per heavy atom. The van der Waals surface area contributed by atoms with Crippen LogP contribution in [0, 0.1) is 0 Å². The number of rotatable bonds is 7. The summed E-state index contributed by atoms with van der Waals surface area (Å²) in [5.74, 6) is 0.00864. The fourth-order valence-corrected chi connectivity index (χ4v) is 3.01. The maximum absolute atomic E-state index is 12.3. The van der Waals surface area contributed by atoms with Gasteiger partial charge in [0.05, 0.1) is 17.6 Å². The van der Waals surface area contributed by atoms with Crippen molar-refractivity contribution >= 4 is 22.8 Å². The maximum Gasteiger partial charge on any atom is 0.330 e. The van der Waals surface area contributed by atoms with Gasteiger partial charge in [0.1, 0.15) is 11.9 Å². The molecule has 1 atom stereocenters. The lowest BCUT2D eigenvalue weighted by Gasteiger charge is -2.15. The molecule has 0 spiro atoms. The van der Waals surface area contributed by atoms with Crippen molar-refractivity contribution in [3.63, 3.8) is 0 Å². The molecule has 1 aromatic carbocycles. The van der Waals surface area contributed by atoms with Gasteiger partial charge in [0.15, 0.2) is 0 Å². The number of carbonyl (C=O) groups excluding carboxylic acids is 2. The Balaban J connectivity index is 1.50. The van der Waals surface area contributed by atoms with Gasteiger partial charge >= 0.3 is 5.69 Å². The van der Waals surface area contributed by atoms with Crippen LogP contribution in [0.1, 0.15) is 24.9 Å². The van der Waals surface area contributed by atoms with Crippen LogP contribution in [0.25, 0.3) is 11.0 Å². The first-order valence-electron chi connectivity index (χ1n) is 9.53. The van der Waals surface area contributed by atoms with E-state index in [-0.39, 0.29) is 18.9 Å². The number of para-hydroxylation sites is 2. The molecule has 0 unspecified atom stereocenters. The molecule has 0 aliphatic carbocycles. The van der Waals surface area contributed by atoms with Crippen LogP contribution < -0.4 is 21.9 Å². The van der Waals surface area contributed by atoms with Crippen molar-refractivity contribution in [3.05, 3.63) is 62.7 Å². The molecule has 2 amide bonds. The molecule has 3 aromatic rings. The predicted octanol–water partition coefficient (Wildman–Crippen LogP) is -0.286. The van der Waals surface area contributed by atoms with Crippen molar-refractivity contribution in [2.45, 2.75) is 32.4 Å². The number of aromatic amines is 1. The van der Waals surface area contributed by atoms with Gasteiger partial charge in [-0.25, -0.2) is 9.78 Å². The molecule has 158 valence electrons. The molecule has 2 heterocycles. The monoisotopic (exact) mass is 412 g/mol. The smallest absolute Gasteiger partial charge is 0.330 e. The second-order valence-corrected chi connectivity index (χ2v) is 7.08. The number of hydrogen-bond donors (Lipinski definition) is 3. The zero-order chi connectivity index (χ0) is 21.8. The zero-order valence-electron chi connectivity index (χ0n) is 17.1. The number of nitrogens with one attached hydrogen (secondary N) is 3. The summed E-state index contributed by atoms with van der Waals surface area (Å²) in [6.45, 7) is 1.57. The van der Waals surface area contributed by atoms with Crippen molar-refractivity contribution in [2.75, 3.05) is 0 Å². The fraction of sp³-hybridized carbons (Fsp3) is 0.350. The number of imidazole rings is 1. The standard InChI is InChI=1S/C20H24N6O4/c1-12(19(29)21-11-13-10-18(28)26(3)20(30)25(13)2)22-17(27)9-8-16-23-14-6-4-5-7-15(14)24-16/h4-7,10,12H,8-9,11H2,1-3H3,(H,21,29)(H,22,27)(H,23,24)/t12-/m1/s1. The number of fused-ring (bicyclic) bond motifs is 1. The van der Waals surface area contributed by atoms with E-state index >= 15 is 0 Å². The van der Waals surface area contributed by atoms with E-state index in [0.29, 0.717) is 17.9 Å². The molecule has 30 heavy (non-hydrogen) atoms. The average Bonchev–Trinajstić information content (AvgIpc) is 3.15. The minimum atomic E-state index is -0.767. The van der Waals surface area contributed by atoms with E-state index in [1.807, 2.05) is 24.3 Å². The molecule has 0 radical (unpaired) electrons. The topological polar surface area (TPSA) is 131 Å². The Labute approximate surface area is 171 Å². The van der Waals surface area contributed by atoms with Gasteiger partial charge in [0.2, 0.25) is 11.8 Å². The molecular formula is C20H24N6O4. The van der Waals surface area contributed by atoms with Crippen molar-refractivity contribution < 1.29 is 9.59 Å². The molecule has 0 bridgehead atoms. The predicted molar refractivity (Wildman–Crippen MR) is 111 cm³/mol. The van der Waals surface area contributed by atoms with E-state index in [9.17, 15) is 19.2 Å². The van der Waals surface area contributed by atoms with Crippen molar-refractivity contribution in [2.24, 2.45) is 14.1 Å². The van der Waals surface area contributed by atoms with Crippen LogP contribution in [0.5, 0.6) is 0 Å². The number of benzene rings is 1. The van der Waals surface area contributed by atoms with Gasteiger partial charge in [-0.15, -0.1) is 0 Å². The highest BCUT2D eigenvalue weighted by molar-refractivity contribution is 5.87. The minimum absolute atomic E-state index is 0.000150. The number of carbonyl (C=O) groups is 2. The fourth-order valence-electron chi connectivity index (χ4n) is 3.01. The molecule has 0 saturated heterocycles. The first-order valence-corrected chi connectivity index (χ1v) is 9.53. The van der Waals surface area contributed by atoms with E-state index in [2.05, 4.69) is 20.6 Å². The summed E-state index contributed by atoms with van der Waals surface area (Å²) in [7, 11) is 2.91. The van der Waals surface area contributed by atoms with Gasteiger partial charge in [-0.05, 0) is 19.1 Å². The average molecular weight is 412 g/mol. The van der Waals surface area contributed by atoms with E-state index in [1.54, 1.807) is 6.92 Å². The Hall–Kier alpha value is -3.69. The third-order valence-corrected chi connectivity index (χ3v) is 4.87. The lowest BCUT2D eigenvalue weighted by molar-refractivity contribution is -0.128. The Bertz CT molecular complexity index is 1170. The molecule has 0 aliphatic rings. The second-order valence-electron chi connectivity index (χ2n) is 7.08. The van der Waals surface area contributed by atoms with Crippen molar-refractivity contribution in [1.29, 1.82) is 0 Å². The number of H-pyrrole nitrogens is 1. The third kappa shape index (κ3) is 4.65. The van der Waals surface area contributed by atoms with Gasteiger partial charge in [-0.2, -0.15) is 0 Å². The number of aryl methyl sites for hydroxylation is 1. The largest absolute Gasteiger partial charge is 0.349 e. The first-order chi connectivity index (χ1) is 14.3. The molecule has 10 heteroatoms. The number of aromatic nitrogens is 4. The third-order valence-electron chi connectivity index (χ3n) is 4.87. The van der Waals surface area contributed by atoms with Gasteiger partial charge in [-0.1, -0.05) is 12.1 Å². The van der Waals surface area contributed by atoms with Gasteiger partial charge in [0.25, 0.3) is 5.56 Å². The SMILES string of the molecule is C[C@@H](NC(=O)CCc1nc2ccccc2[nH]1)C(=O)NCc1cc(=O)n(C)c(=O)n1C. The summed E-state index contributed by atoms with van der Waals surface area (Å²) >= 11 is 0. The Kier molecular flexibility index (Phi) is 6.14. The molecular weight excluding hydrogens is 388 g/mol. The summed E-state index contributed by atoms with van der Waals surface area (Å²) in [6, 6.07) is 8.12. The summed E-state index contributed by atoms with van der Waals surface area (Å²) in [5.41, 5.74) is 1.20. The van der Waals surface area contributed by atoms with Crippen LogP contribution in [-0.2, 0) is 36.6 Å². The molecule has 2 aromatic heterocycles. The van der Waals surface area contributed by atoms with Crippen LogP contribution in [0.3, 0.4) is 0 Å². The molecule has 3 N–H and O–H groups in total. The zero-order valence-corrected chi connectivity index (χ0v) is 17.1. The van der Waals surface area contributed by atoms with Crippen LogP contribution in [0.4, 0.5) is 0 Å². The Morgan fingerprint density at radius 1 is 1.17 bits per heavy atom. The number of nitrogens with zero attached hydrogens (tertiary/aromatic N) is 3. The highest BCUT2D eigenvalue weighted by atomic mass is 16.2. The minimum Gasteiger partial charge on any atom is -0.349 e. The lowest BCUT2D eigenvalue weighted by Crippen LogP contribution is -2.45. The second kappa shape index (κ2) is 8.76. The van der Waals surface area contributed by atoms with E-state index < -0.39 is 23.2 Å². The van der Waals surface area contributed by atoms with Crippen LogP contribution in [0.15, 0.2) is 39.9 Å². The number of amides is 2. The summed E-state index contributed by atoms with van der Waals surface area (Å²) in [4.78, 5) is 55.7. The summed E-state index contributed by atoms with van der Waals surface area (Å²) in [5, 5.41) is 5.27. The van der Waals surface area contributed by atoms with E-state index in [1.165, 1.54) is 24.7 Å². The van der Waals surface area contributed by atoms with Crippen LogP contribution >= 0.6 is 0 Å². The highest BCUT2D eigenvalue weighted by Crippen LogP contribution is 2.11. The lowest BCUT2D eigenvalue weighted by atomic mass is 10.2. The van der Waals surface area contributed by atoms with Gasteiger partial charge in [0, 0.05) is 38.7 Å². The molecule has 0 saturated carbocycles. The normalized spacial score (nSPS) is 12.0. The molecule has 0 aliphatic heterocycles.